The maximum Gasteiger partial charge on any atom is 0.119 e. The van der Waals surface area contributed by atoms with Gasteiger partial charge in [0.15, 0.2) is 0 Å². The number of nitrogens with one attached hydrogen (secondary N) is 1. The van der Waals surface area contributed by atoms with Crippen LogP contribution in [0.4, 0.5) is 4.39 Å². The number of alkyl halides is 1. The topological polar surface area (TPSA) is 31.5 Å². The quantitative estimate of drug-likeness (QED) is 0.508. The second kappa shape index (κ2) is 8.40. The van der Waals surface area contributed by atoms with Crippen molar-refractivity contribution in [3.05, 3.63) is 82.9 Å². The SMILES string of the molecule is C[C@@H]1Cc2c([nH]c3ccccc23)[C@@H](c2ccc(OCCN3CC(CF)C3)cc2)N1C1=C=CC1. The first kappa shape index (κ1) is 20.6. The third kappa shape index (κ3) is 3.66. The first-order valence-corrected chi connectivity index (χ1v) is 12.0. The molecule has 1 aliphatic carbocycles. The lowest BCUT2D eigenvalue weighted by Gasteiger charge is -2.44. The molecule has 2 aromatic carbocycles. The van der Waals surface area contributed by atoms with Crippen LogP contribution in [0.1, 0.15) is 36.2 Å². The Bertz CT molecular complexity index is 1220. The van der Waals surface area contributed by atoms with E-state index < -0.39 is 0 Å². The summed E-state index contributed by atoms with van der Waals surface area (Å²) in [6.07, 6.45) is 4.13. The van der Waals surface area contributed by atoms with Gasteiger partial charge in [-0.25, -0.2) is 0 Å². The number of hydrogen-bond acceptors (Lipinski definition) is 3. The zero-order chi connectivity index (χ0) is 22.4. The fourth-order valence-corrected chi connectivity index (χ4v) is 5.58. The summed E-state index contributed by atoms with van der Waals surface area (Å²) in [5, 5.41) is 1.34. The van der Waals surface area contributed by atoms with Gasteiger partial charge in [-0.15, -0.1) is 5.73 Å². The molecule has 1 saturated heterocycles. The number of nitrogens with zero attached hydrogens (tertiary/aromatic N) is 2. The first-order chi connectivity index (χ1) is 16.2. The van der Waals surface area contributed by atoms with E-state index in [9.17, 15) is 4.39 Å². The van der Waals surface area contributed by atoms with Gasteiger partial charge in [-0.05, 0) is 48.7 Å². The van der Waals surface area contributed by atoms with Gasteiger partial charge in [-0.1, -0.05) is 30.3 Å². The number of fused-ring (bicyclic) bond motifs is 3. The van der Waals surface area contributed by atoms with E-state index in [1.807, 2.05) is 0 Å². The van der Waals surface area contributed by atoms with Gasteiger partial charge in [0.2, 0.25) is 0 Å². The van der Waals surface area contributed by atoms with E-state index in [1.54, 1.807) is 0 Å². The van der Waals surface area contributed by atoms with E-state index in [0.717, 1.165) is 38.2 Å². The van der Waals surface area contributed by atoms with Gasteiger partial charge >= 0.3 is 0 Å². The molecule has 170 valence electrons. The zero-order valence-electron chi connectivity index (χ0n) is 19.1. The van der Waals surface area contributed by atoms with Gasteiger partial charge < -0.3 is 14.6 Å². The van der Waals surface area contributed by atoms with Gasteiger partial charge in [0, 0.05) is 54.6 Å². The molecule has 0 unspecified atom stereocenters. The van der Waals surface area contributed by atoms with Crippen LogP contribution < -0.4 is 4.74 Å². The minimum absolute atomic E-state index is 0.139. The predicted octanol–water partition coefficient (Wildman–Crippen LogP) is 5.23. The van der Waals surface area contributed by atoms with Crippen LogP contribution in [0.25, 0.3) is 10.9 Å². The molecule has 4 nitrogen and oxygen atoms in total. The molecule has 5 heteroatoms. The molecule has 3 heterocycles. The molecule has 0 saturated carbocycles. The van der Waals surface area contributed by atoms with E-state index in [1.165, 1.54) is 33.4 Å². The molecule has 0 bridgehead atoms. The molecule has 1 N–H and O–H groups in total. The lowest BCUT2D eigenvalue weighted by atomic mass is 9.87. The molecule has 2 atom stereocenters. The van der Waals surface area contributed by atoms with Crippen molar-refractivity contribution in [2.75, 3.05) is 32.9 Å². The number of rotatable bonds is 7. The van der Waals surface area contributed by atoms with Crippen molar-refractivity contribution in [2.24, 2.45) is 5.92 Å². The van der Waals surface area contributed by atoms with Crippen LogP contribution in [0.3, 0.4) is 0 Å². The van der Waals surface area contributed by atoms with E-state index in [4.69, 9.17) is 4.74 Å². The van der Waals surface area contributed by atoms with Crippen LogP contribution in [0.2, 0.25) is 0 Å². The number of halogens is 1. The van der Waals surface area contributed by atoms with Crippen molar-refractivity contribution >= 4 is 10.9 Å². The lowest BCUT2D eigenvalue weighted by Crippen LogP contribution is -2.49. The molecular weight excluding hydrogens is 413 g/mol. The number of hydrogen-bond donors (Lipinski definition) is 1. The van der Waals surface area contributed by atoms with Crippen LogP contribution in [0.5, 0.6) is 5.75 Å². The Kier molecular flexibility index (Phi) is 5.24. The van der Waals surface area contributed by atoms with Crippen molar-refractivity contribution in [3.63, 3.8) is 0 Å². The highest BCUT2D eigenvalue weighted by Crippen LogP contribution is 2.44. The second-order valence-electron chi connectivity index (χ2n) is 9.62. The summed E-state index contributed by atoms with van der Waals surface area (Å²) in [7, 11) is 0. The number of likely N-dealkylation sites (tertiary alicyclic amines) is 1. The van der Waals surface area contributed by atoms with E-state index in [2.05, 4.69) is 82.0 Å². The molecule has 0 radical (unpaired) electrons. The van der Waals surface area contributed by atoms with Crippen LogP contribution in [0.15, 0.2) is 66.0 Å². The monoisotopic (exact) mass is 443 g/mol. The Morgan fingerprint density at radius 1 is 1.12 bits per heavy atom. The Balaban J connectivity index is 1.25. The van der Waals surface area contributed by atoms with Crippen molar-refractivity contribution in [1.29, 1.82) is 0 Å². The highest BCUT2D eigenvalue weighted by atomic mass is 19.1. The summed E-state index contributed by atoms with van der Waals surface area (Å²) < 4.78 is 18.6. The van der Waals surface area contributed by atoms with Crippen molar-refractivity contribution in [2.45, 2.75) is 31.8 Å². The third-order valence-corrected chi connectivity index (χ3v) is 7.37. The molecule has 1 aromatic heterocycles. The summed E-state index contributed by atoms with van der Waals surface area (Å²) in [5.74, 6) is 1.11. The number of H-pyrrole nitrogens is 1. The van der Waals surface area contributed by atoms with E-state index in [0.29, 0.717) is 12.6 Å². The maximum absolute atomic E-state index is 12.6. The average molecular weight is 444 g/mol. The van der Waals surface area contributed by atoms with E-state index in [-0.39, 0.29) is 18.6 Å². The summed E-state index contributed by atoms with van der Waals surface area (Å²) in [4.78, 5) is 8.53. The minimum Gasteiger partial charge on any atom is -0.492 e. The molecule has 3 aliphatic rings. The molecule has 33 heavy (non-hydrogen) atoms. The Hall–Kier alpha value is -3.01. The van der Waals surface area contributed by atoms with Crippen LogP contribution in [0, 0.1) is 5.92 Å². The average Bonchev–Trinajstić information content (AvgIpc) is 3.13. The highest BCUT2D eigenvalue weighted by molar-refractivity contribution is 5.85. The normalized spacial score (nSPS) is 22.6. The number of ether oxygens (including phenoxy) is 1. The molecule has 1 fully saturated rings. The largest absolute Gasteiger partial charge is 0.492 e. The second-order valence-corrected chi connectivity index (χ2v) is 9.62. The summed E-state index contributed by atoms with van der Waals surface area (Å²) >= 11 is 0. The fourth-order valence-electron chi connectivity index (χ4n) is 5.58. The molecular formula is C28H30FN3O. The van der Waals surface area contributed by atoms with Gasteiger partial charge in [0.1, 0.15) is 12.4 Å². The Labute approximate surface area is 194 Å². The summed E-state index contributed by atoms with van der Waals surface area (Å²) in [6, 6.07) is 17.7. The van der Waals surface area contributed by atoms with E-state index >= 15 is 0 Å². The zero-order valence-corrected chi connectivity index (χ0v) is 19.1. The van der Waals surface area contributed by atoms with Crippen molar-refractivity contribution < 1.29 is 9.13 Å². The maximum atomic E-state index is 12.6. The standard InChI is InChI=1S/C28H30FN3O/c1-19-15-25-24-7-2-3-8-26(24)30-27(25)28(32(19)22-5-4-6-22)21-9-11-23(12-10-21)33-14-13-31-17-20(16-29)18-31/h2-4,7-12,19-20,28,30H,5,13-18H2,1H3/t19-,28-/m1/s1. The summed E-state index contributed by atoms with van der Waals surface area (Å²) in [5.41, 5.74) is 9.92. The smallest absolute Gasteiger partial charge is 0.119 e. The van der Waals surface area contributed by atoms with Gasteiger partial charge in [-0.2, -0.15) is 0 Å². The predicted molar refractivity (Wildman–Crippen MR) is 129 cm³/mol. The van der Waals surface area contributed by atoms with Gasteiger partial charge in [-0.3, -0.25) is 9.29 Å². The van der Waals surface area contributed by atoms with Gasteiger partial charge in [0.25, 0.3) is 0 Å². The molecule has 3 aromatic rings. The molecule has 6 rings (SSSR count). The van der Waals surface area contributed by atoms with Crippen molar-refractivity contribution in [3.8, 4) is 5.75 Å². The highest BCUT2D eigenvalue weighted by Gasteiger charge is 2.37. The number of benzene rings is 2. The van der Waals surface area contributed by atoms with Crippen LogP contribution in [-0.2, 0) is 6.42 Å². The van der Waals surface area contributed by atoms with Gasteiger partial charge in [0.05, 0.1) is 18.4 Å². The Morgan fingerprint density at radius 2 is 1.91 bits per heavy atom. The number of para-hydroxylation sites is 1. The molecule has 2 aliphatic heterocycles. The first-order valence-electron chi connectivity index (χ1n) is 12.0. The third-order valence-electron chi connectivity index (χ3n) is 7.37. The minimum atomic E-state index is -0.208. The molecule has 0 amide bonds. The fraction of sp³-hybridized carbons (Fsp3) is 0.393. The van der Waals surface area contributed by atoms with Crippen molar-refractivity contribution in [1.82, 2.24) is 14.8 Å². The van der Waals surface area contributed by atoms with Crippen LogP contribution in [-0.4, -0.2) is 53.7 Å². The number of aromatic nitrogens is 1. The Morgan fingerprint density at radius 3 is 2.64 bits per heavy atom. The summed E-state index contributed by atoms with van der Waals surface area (Å²) in [6.45, 7) is 5.31. The molecule has 0 spiro atoms. The lowest BCUT2D eigenvalue weighted by molar-refractivity contribution is 0.0668. The number of aromatic amines is 1. The van der Waals surface area contributed by atoms with Crippen LogP contribution >= 0.6 is 0 Å².